The summed E-state index contributed by atoms with van der Waals surface area (Å²) >= 11 is 0. The number of nitrogens with zero attached hydrogens (tertiary/aromatic N) is 1. The van der Waals surface area contributed by atoms with E-state index in [1.54, 1.807) is 4.31 Å². The molecule has 1 N–H and O–H groups in total. The van der Waals surface area contributed by atoms with E-state index in [1.807, 2.05) is 30.3 Å². The molecule has 1 aliphatic heterocycles. The standard InChI is InChI=1S/C14H22N2O3S/c1-20(17,18)16-9-5-8-14(11-16)10-15-19-12-13-6-3-2-4-7-13/h2-4,6-7,14-15H,5,8-12H2,1H3. The van der Waals surface area contributed by atoms with Gasteiger partial charge in [-0.15, -0.1) is 0 Å². The lowest BCUT2D eigenvalue weighted by Gasteiger charge is -2.30. The van der Waals surface area contributed by atoms with Crippen LogP contribution in [0.15, 0.2) is 30.3 Å². The number of hydroxylamine groups is 1. The van der Waals surface area contributed by atoms with Gasteiger partial charge in [0.05, 0.1) is 12.9 Å². The number of hydrogen-bond acceptors (Lipinski definition) is 4. The summed E-state index contributed by atoms with van der Waals surface area (Å²) in [5, 5.41) is 0. The molecule has 6 heteroatoms. The molecule has 0 bridgehead atoms. The Kier molecular flexibility index (Phi) is 5.54. The highest BCUT2D eigenvalue weighted by Crippen LogP contribution is 2.17. The van der Waals surface area contributed by atoms with Crippen molar-refractivity contribution in [2.75, 3.05) is 25.9 Å². The Morgan fingerprint density at radius 2 is 2.10 bits per heavy atom. The van der Waals surface area contributed by atoms with E-state index in [2.05, 4.69) is 5.48 Å². The van der Waals surface area contributed by atoms with Gasteiger partial charge in [-0.2, -0.15) is 0 Å². The fourth-order valence-electron chi connectivity index (χ4n) is 2.38. The quantitative estimate of drug-likeness (QED) is 0.637. The van der Waals surface area contributed by atoms with Crippen LogP contribution in [-0.2, 0) is 21.5 Å². The minimum absolute atomic E-state index is 0.314. The van der Waals surface area contributed by atoms with Gasteiger partial charge in [-0.1, -0.05) is 30.3 Å². The fourth-order valence-corrected chi connectivity index (χ4v) is 3.32. The highest BCUT2D eigenvalue weighted by molar-refractivity contribution is 7.88. The summed E-state index contributed by atoms with van der Waals surface area (Å²) in [6, 6.07) is 9.94. The fraction of sp³-hybridized carbons (Fsp3) is 0.571. The Bertz CT molecular complexity index is 504. The molecule has 2 rings (SSSR count). The predicted octanol–water partition coefficient (Wildman–Crippen LogP) is 1.38. The van der Waals surface area contributed by atoms with Gasteiger partial charge in [-0.3, -0.25) is 4.84 Å². The second-order valence-corrected chi connectivity index (χ2v) is 7.23. The summed E-state index contributed by atoms with van der Waals surface area (Å²) < 4.78 is 24.6. The Morgan fingerprint density at radius 1 is 1.35 bits per heavy atom. The van der Waals surface area contributed by atoms with Crippen LogP contribution in [0, 0.1) is 5.92 Å². The molecule has 112 valence electrons. The van der Waals surface area contributed by atoms with E-state index in [0.29, 0.717) is 32.2 Å². The average Bonchev–Trinajstić information content (AvgIpc) is 2.44. The minimum Gasteiger partial charge on any atom is -0.297 e. The van der Waals surface area contributed by atoms with Crippen molar-refractivity contribution >= 4 is 10.0 Å². The predicted molar refractivity (Wildman–Crippen MR) is 78.4 cm³/mol. The first-order chi connectivity index (χ1) is 9.55. The zero-order valence-corrected chi connectivity index (χ0v) is 12.6. The first-order valence-electron chi connectivity index (χ1n) is 6.89. The lowest BCUT2D eigenvalue weighted by molar-refractivity contribution is 0.0151. The Morgan fingerprint density at radius 3 is 2.80 bits per heavy atom. The van der Waals surface area contributed by atoms with Crippen molar-refractivity contribution < 1.29 is 13.3 Å². The van der Waals surface area contributed by atoms with Gasteiger partial charge in [0, 0.05) is 19.6 Å². The van der Waals surface area contributed by atoms with Gasteiger partial charge >= 0.3 is 0 Å². The number of hydrogen-bond donors (Lipinski definition) is 1. The second-order valence-electron chi connectivity index (χ2n) is 5.25. The van der Waals surface area contributed by atoms with Gasteiger partial charge in [0.1, 0.15) is 0 Å². The van der Waals surface area contributed by atoms with E-state index >= 15 is 0 Å². The maximum Gasteiger partial charge on any atom is 0.211 e. The van der Waals surface area contributed by atoms with Crippen molar-refractivity contribution in [2.24, 2.45) is 5.92 Å². The molecule has 1 fully saturated rings. The lowest BCUT2D eigenvalue weighted by atomic mass is 10.0. The molecule has 1 aliphatic rings. The Hall–Kier alpha value is -0.950. The molecular weight excluding hydrogens is 276 g/mol. The maximum atomic E-state index is 11.5. The van der Waals surface area contributed by atoms with Gasteiger partial charge < -0.3 is 0 Å². The molecule has 0 saturated carbocycles. The molecule has 20 heavy (non-hydrogen) atoms. The first kappa shape index (κ1) is 15.4. The largest absolute Gasteiger partial charge is 0.297 e. The zero-order chi connectivity index (χ0) is 14.4. The summed E-state index contributed by atoms with van der Waals surface area (Å²) in [7, 11) is -3.07. The normalized spacial score (nSPS) is 20.9. The van der Waals surface area contributed by atoms with Crippen LogP contribution in [0.3, 0.4) is 0 Å². The van der Waals surface area contributed by atoms with Gasteiger partial charge in [0.25, 0.3) is 0 Å². The number of piperidine rings is 1. The third-order valence-corrected chi connectivity index (χ3v) is 4.78. The molecule has 0 aliphatic carbocycles. The summed E-state index contributed by atoms with van der Waals surface area (Å²) in [5.41, 5.74) is 4.07. The molecule has 1 aromatic carbocycles. The van der Waals surface area contributed by atoms with Crippen molar-refractivity contribution in [1.29, 1.82) is 0 Å². The van der Waals surface area contributed by atoms with E-state index in [1.165, 1.54) is 6.26 Å². The summed E-state index contributed by atoms with van der Waals surface area (Å²) in [5.74, 6) is 0.314. The van der Waals surface area contributed by atoms with Crippen LogP contribution in [0.2, 0.25) is 0 Å². The molecule has 1 aromatic rings. The Labute approximate surface area is 120 Å². The van der Waals surface area contributed by atoms with Gasteiger partial charge in [-0.05, 0) is 24.3 Å². The van der Waals surface area contributed by atoms with Crippen LogP contribution in [0.1, 0.15) is 18.4 Å². The molecule has 0 aromatic heterocycles. The maximum absolute atomic E-state index is 11.5. The molecule has 1 atom stereocenters. The lowest BCUT2D eigenvalue weighted by Crippen LogP contribution is -2.42. The van der Waals surface area contributed by atoms with E-state index < -0.39 is 10.0 Å². The molecule has 5 nitrogen and oxygen atoms in total. The molecule has 1 heterocycles. The van der Waals surface area contributed by atoms with Crippen molar-refractivity contribution in [2.45, 2.75) is 19.4 Å². The molecule has 0 radical (unpaired) electrons. The summed E-state index contributed by atoms with van der Waals surface area (Å²) in [6.45, 7) is 2.42. The number of nitrogens with one attached hydrogen (secondary N) is 1. The topological polar surface area (TPSA) is 58.6 Å². The summed E-state index contributed by atoms with van der Waals surface area (Å²) in [6.07, 6.45) is 3.22. The van der Waals surface area contributed by atoms with Crippen LogP contribution >= 0.6 is 0 Å². The molecule has 1 unspecified atom stereocenters. The SMILES string of the molecule is CS(=O)(=O)N1CCCC(CNOCc2ccccc2)C1. The third kappa shape index (κ3) is 4.86. The van der Waals surface area contributed by atoms with Gasteiger partial charge in [0.2, 0.25) is 10.0 Å². The molecule has 1 saturated heterocycles. The van der Waals surface area contributed by atoms with Crippen molar-refractivity contribution in [3.63, 3.8) is 0 Å². The van der Waals surface area contributed by atoms with Gasteiger partial charge in [0.15, 0.2) is 0 Å². The highest BCUT2D eigenvalue weighted by atomic mass is 32.2. The molecule has 0 amide bonds. The first-order valence-corrected chi connectivity index (χ1v) is 8.74. The van der Waals surface area contributed by atoms with Crippen LogP contribution in [0.25, 0.3) is 0 Å². The number of sulfonamides is 1. The van der Waals surface area contributed by atoms with Crippen LogP contribution in [-0.4, -0.2) is 38.6 Å². The average molecular weight is 298 g/mol. The van der Waals surface area contributed by atoms with Crippen molar-refractivity contribution in [1.82, 2.24) is 9.79 Å². The zero-order valence-electron chi connectivity index (χ0n) is 11.8. The summed E-state index contributed by atoms with van der Waals surface area (Å²) in [4.78, 5) is 5.43. The Balaban J connectivity index is 1.69. The third-order valence-electron chi connectivity index (χ3n) is 3.51. The number of rotatable bonds is 6. The highest BCUT2D eigenvalue weighted by Gasteiger charge is 2.25. The van der Waals surface area contributed by atoms with Crippen LogP contribution in [0.4, 0.5) is 0 Å². The van der Waals surface area contributed by atoms with E-state index in [9.17, 15) is 8.42 Å². The minimum atomic E-state index is -3.07. The van der Waals surface area contributed by atoms with E-state index in [-0.39, 0.29) is 0 Å². The smallest absolute Gasteiger partial charge is 0.211 e. The molecule has 0 spiro atoms. The van der Waals surface area contributed by atoms with Crippen LogP contribution in [0.5, 0.6) is 0 Å². The molecular formula is C14H22N2O3S. The monoisotopic (exact) mass is 298 g/mol. The van der Waals surface area contributed by atoms with Gasteiger partial charge in [-0.25, -0.2) is 18.2 Å². The second kappa shape index (κ2) is 7.17. The number of benzene rings is 1. The van der Waals surface area contributed by atoms with Crippen molar-refractivity contribution in [3.05, 3.63) is 35.9 Å². The van der Waals surface area contributed by atoms with Crippen molar-refractivity contribution in [3.8, 4) is 0 Å². The van der Waals surface area contributed by atoms with E-state index in [0.717, 1.165) is 18.4 Å². The van der Waals surface area contributed by atoms with Crippen LogP contribution < -0.4 is 5.48 Å². The van der Waals surface area contributed by atoms with E-state index in [4.69, 9.17) is 4.84 Å².